The molecule has 0 amide bonds. The number of oxazole rings is 1. The zero-order valence-electron chi connectivity index (χ0n) is 17.9. The number of unbranched alkanes of at least 4 members (excludes halogenated alkanes) is 1. The van der Waals surface area contributed by atoms with Crippen LogP contribution in [0.5, 0.6) is 5.75 Å². The number of hydrogen-bond donors (Lipinski definition) is 0. The Labute approximate surface area is 190 Å². The van der Waals surface area contributed by atoms with Crippen molar-refractivity contribution in [2.75, 3.05) is 0 Å². The lowest BCUT2D eigenvalue weighted by Crippen LogP contribution is -1.99. The summed E-state index contributed by atoms with van der Waals surface area (Å²) in [6.45, 7) is 1.14. The minimum atomic E-state index is -0.418. The van der Waals surface area contributed by atoms with Crippen molar-refractivity contribution in [3.63, 3.8) is 0 Å². The molecule has 0 atom stereocenters. The molecule has 4 rings (SSSR count). The van der Waals surface area contributed by atoms with Gasteiger partial charge in [0.15, 0.2) is 0 Å². The molecule has 2 aromatic carbocycles. The van der Waals surface area contributed by atoms with Gasteiger partial charge in [-0.3, -0.25) is 14.8 Å². The molecule has 9 heteroatoms. The van der Waals surface area contributed by atoms with Crippen LogP contribution in [0.25, 0.3) is 12.2 Å². The van der Waals surface area contributed by atoms with E-state index in [-0.39, 0.29) is 12.3 Å². The molecule has 0 saturated carbocycles. The highest BCUT2D eigenvalue weighted by molar-refractivity contribution is 5.71. The molecule has 33 heavy (non-hydrogen) atoms. The van der Waals surface area contributed by atoms with Gasteiger partial charge in [0.1, 0.15) is 24.3 Å². The number of aromatic nitrogens is 4. The van der Waals surface area contributed by atoms with Gasteiger partial charge in [-0.05, 0) is 49.1 Å². The van der Waals surface area contributed by atoms with Gasteiger partial charge in [0.2, 0.25) is 5.89 Å². The molecule has 0 bridgehead atoms. The number of aryl methyl sites for hydroxylation is 2. The fraction of sp³-hybridized carbons (Fsp3) is 0.208. The summed E-state index contributed by atoms with van der Waals surface area (Å²) in [5.41, 5.74) is 2.40. The first-order valence-corrected chi connectivity index (χ1v) is 10.6. The van der Waals surface area contributed by atoms with Gasteiger partial charge in [-0.15, -0.1) is 5.10 Å². The number of benzene rings is 2. The average Bonchev–Trinajstić information content (AvgIpc) is 3.52. The number of nitro benzene ring substituents is 1. The maximum absolute atomic E-state index is 11.1. The highest BCUT2D eigenvalue weighted by Gasteiger charge is 2.10. The third kappa shape index (κ3) is 6.36. The molecule has 4 aromatic rings. The quantitative estimate of drug-likeness (QED) is 0.183. The van der Waals surface area contributed by atoms with E-state index in [0.29, 0.717) is 17.1 Å². The molecule has 0 fully saturated rings. The predicted molar refractivity (Wildman–Crippen MR) is 122 cm³/mol. The molecule has 0 spiro atoms. The Morgan fingerprint density at radius 1 is 1.09 bits per heavy atom. The van der Waals surface area contributed by atoms with Crippen LogP contribution >= 0.6 is 0 Å². The van der Waals surface area contributed by atoms with Crippen molar-refractivity contribution in [3.05, 3.63) is 100 Å². The van der Waals surface area contributed by atoms with Crippen molar-refractivity contribution in [3.8, 4) is 5.75 Å². The monoisotopic (exact) mass is 445 g/mol. The van der Waals surface area contributed by atoms with E-state index >= 15 is 0 Å². The van der Waals surface area contributed by atoms with E-state index in [9.17, 15) is 10.1 Å². The van der Waals surface area contributed by atoms with Crippen molar-refractivity contribution >= 4 is 17.8 Å². The van der Waals surface area contributed by atoms with Crippen molar-refractivity contribution in [1.82, 2.24) is 20.0 Å². The first kappa shape index (κ1) is 21.9. The van der Waals surface area contributed by atoms with Gasteiger partial charge < -0.3 is 9.15 Å². The van der Waals surface area contributed by atoms with Crippen LogP contribution in [0.4, 0.5) is 5.69 Å². The summed E-state index contributed by atoms with van der Waals surface area (Å²) in [7, 11) is 0. The van der Waals surface area contributed by atoms with E-state index in [0.717, 1.165) is 31.6 Å². The standard InChI is InChI=1S/C24H23N5O4/c30-29(31)23-7-2-1-6-20(23)10-13-24-26-21(18-33-24)17-32-22-11-8-19(9-12-22)5-3-4-15-28-16-14-25-27-28/h1-2,6-14,16,18H,3-5,15,17H2. The van der Waals surface area contributed by atoms with Crippen molar-refractivity contribution in [1.29, 1.82) is 0 Å². The molecular weight excluding hydrogens is 422 g/mol. The molecule has 168 valence electrons. The lowest BCUT2D eigenvalue weighted by atomic mass is 10.1. The molecule has 0 N–H and O–H groups in total. The Hall–Kier alpha value is -4.27. The third-order valence-electron chi connectivity index (χ3n) is 4.99. The normalized spacial score (nSPS) is 11.2. The van der Waals surface area contributed by atoms with Crippen LogP contribution in [0.3, 0.4) is 0 Å². The zero-order chi connectivity index (χ0) is 22.9. The Balaban J connectivity index is 1.24. The van der Waals surface area contributed by atoms with Gasteiger partial charge in [-0.1, -0.05) is 29.5 Å². The summed E-state index contributed by atoms with van der Waals surface area (Å²) in [5, 5.41) is 18.9. The van der Waals surface area contributed by atoms with Gasteiger partial charge in [0.05, 0.1) is 16.7 Å². The van der Waals surface area contributed by atoms with Gasteiger partial charge in [0, 0.05) is 24.9 Å². The van der Waals surface area contributed by atoms with Crippen LogP contribution in [-0.4, -0.2) is 24.9 Å². The van der Waals surface area contributed by atoms with Crippen LogP contribution in [0.2, 0.25) is 0 Å². The predicted octanol–water partition coefficient (Wildman–Crippen LogP) is 4.95. The minimum Gasteiger partial charge on any atom is -0.487 e. The van der Waals surface area contributed by atoms with Crippen molar-refractivity contribution in [2.45, 2.75) is 32.4 Å². The number of rotatable bonds is 11. The summed E-state index contributed by atoms with van der Waals surface area (Å²) in [5.74, 6) is 1.11. The summed E-state index contributed by atoms with van der Waals surface area (Å²) in [6.07, 6.45) is 11.4. The fourth-order valence-electron chi connectivity index (χ4n) is 3.29. The van der Waals surface area contributed by atoms with Crippen LogP contribution in [0, 0.1) is 10.1 Å². The molecule has 2 aromatic heterocycles. The van der Waals surface area contributed by atoms with Gasteiger partial charge in [-0.2, -0.15) is 0 Å². The molecule has 0 aliphatic carbocycles. The largest absolute Gasteiger partial charge is 0.487 e. The smallest absolute Gasteiger partial charge is 0.276 e. The lowest BCUT2D eigenvalue weighted by molar-refractivity contribution is -0.385. The number of ether oxygens (including phenoxy) is 1. The van der Waals surface area contributed by atoms with E-state index in [1.807, 2.05) is 23.0 Å². The van der Waals surface area contributed by atoms with E-state index in [4.69, 9.17) is 9.15 Å². The van der Waals surface area contributed by atoms with E-state index in [2.05, 4.69) is 27.4 Å². The Bertz CT molecular complexity index is 1200. The topological polar surface area (TPSA) is 109 Å². The molecule has 0 aliphatic rings. The lowest BCUT2D eigenvalue weighted by Gasteiger charge is -2.06. The molecular formula is C24H23N5O4. The molecule has 0 radical (unpaired) electrons. The van der Waals surface area contributed by atoms with Crippen LogP contribution in [-0.2, 0) is 19.6 Å². The van der Waals surface area contributed by atoms with Crippen LogP contribution in [0.15, 0.2) is 71.6 Å². The third-order valence-corrected chi connectivity index (χ3v) is 4.99. The summed E-state index contributed by atoms with van der Waals surface area (Å²) >= 11 is 0. The van der Waals surface area contributed by atoms with Gasteiger partial charge in [0.25, 0.3) is 5.69 Å². The van der Waals surface area contributed by atoms with E-state index in [1.165, 1.54) is 17.9 Å². The highest BCUT2D eigenvalue weighted by Crippen LogP contribution is 2.20. The first-order chi connectivity index (χ1) is 16.2. The van der Waals surface area contributed by atoms with E-state index in [1.54, 1.807) is 36.5 Å². The number of hydrogen-bond acceptors (Lipinski definition) is 7. The maximum Gasteiger partial charge on any atom is 0.276 e. The number of para-hydroxylation sites is 1. The van der Waals surface area contributed by atoms with Crippen LogP contribution < -0.4 is 4.74 Å². The van der Waals surface area contributed by atoms with Crippen molar-refractivity contribution < 1.29 is 14.1 Å². The second-order valence-electron chi connectivity index (χ2n) is 7.38. The van der Waals surface area contributed by atoms with Gasteiger partial charge >= 0.3 is 0 Å². The fourth-order valence-corrected chi connectivity index (χ4v) is 3.29. The minimum absolute atomic E-state index is 0.0301. The van der Waals surface area contributed by atoms with E-state index < -0.39 is 4.92 Å². The maximum atomic E-state index is 11.1. The molecule has 0 unspecified atom stereocenters. The molecule has 9 nitrogen and oxygen atoms in total. The van der Waals surface area contributed by atoms with Gasteiger partial charge in [-0.25, -0.2) is 4.98 Å². The summed E-state index contributed by atoms with van der Waals surface area (Å²) < 4.78 is 13.1. The number of nitro groups is 1. The molecule has 2 heterocycles. The van der Waals surface area contributed by atoms with Crippen molar-refractivity contribution in [2.24, 2.45) is 0 Å². The zero-order valence-corrected chi connectivity index (χ0v) is 17.9. The number of nitrogens with zero attached hydrogens (tertiary/aromatic N) is 5. The SMILES string of the molecule is O=[N+]([O-])c1ccccc1C=Cc1nc(COc2ccc(CCCCn3ccnn3)cc2)co1. The Morgan fingerprint density at radius 3 is 2.73 bits per heavy atom. The summed E-state index contributed by atoms with van der Waals surface area (Å²) in [4.78, 5) is 15.0. The Morgan fingerprint density at radius 2 is 1.94 bits per heavy atom. The second kappa shape index (κ2) is 10.9. The van der Waals surface area contributed by atoms with Crippen LogP contribution in [0.1, 0.15) is 35.6 Å². The molecule has 0 saturated heterocycles. The highest BCUT2D eigenvalue weighted by atomic mass is 16.6. The average molecular weight is 445 g/mol. The summed E-state index contributed by atoms with van der Waals surface area (Å²) in [6, 6.07) is 14.5. The molecule has 0 aliphatic heterocycles. The Kier molecular flexibility index (Phi) is 7.22. The second-order valence-corrected chi connectivity index (χ2v) is 7.38. The first-order valence-electron chi connectivity index (χ1n) is 10.6.